The van der Waals surface area contributed by atoms with Crippen molar-refractivity contribution in [3.8, 4) is 0 Å². The van der Waals surface area contributed by atoms with Gasteiger partial charge in [0.1, 0.15) is 0 Å². The molecule has 1 rings (SSSR count). The Hall–Kier alpha value is -1.85. The molecule has 0 spiro atoms. The predicted molar refractivity (Wildman–Crippen MR) is 56.9 cm³/mol. The lowest BCUT2D eigenvalue weighted by molar-refractivity contribution is -0.149. The molecule has 98 valence electrons. The van der Waals surface area contributed by atoms with Gasteiger partial charge in [0, 0.05) is 5.56 Å². The molecule has 1 atom stereocenters. The molecule has 0 fully saturated rings. The summed E-state index contributed by atoms with van der Waals surface area (Å²) in [7, 11) is 0. The number of benzene rings is 1. The van der Waals surface area contributed by atoms with E-state index in [1.165, 1.54) is 6.92 Å². The Bertz CT molecular complexity index is 485. The van der Waals surface area contributed by atoms with E-state index in [0.717, 1.165) is 6.08 Å². The van der Waals surface area contributed by atoms with Crippen LogP contribution in [0.15, 0.2) is 12.6 Å². The zero-order valence-electron chi connectivity index (χ0n) is 9.47. The first-order valence-corrected chi connectivity index (χ1v) is 5.04. The lowest BCUT2D eigenvalue weighted by atomic mass is 10.0. The van der Waals surface area contributed by atoms with Gasteiger partial charge in [-0.25, -0.2) is 22.4 Å². The predicted octanol–water partition coefficient (Wildman–Crippen LogP) is 3.32. The third kappa shape index (κ3) is 2.52. The third-order valence-corrected chi connectivity index (χ3v) is 2.20. The maximum atomic E-state index is 13.7. The monoisotopic (exact) mass is 262 g/mol. The number of alkyl halides is 1. The Morgan fingerprint density at radius 3 is 2.56 bits per heavy atom. The van der Waals surface area contributed by atoms with Crippen LogP contribution < -0.4 is 0 Å². The topological polar surface area (TPSA) is 26.3 Å². The summed E-state index contributed by atoms with van der Waals surface area (Å²) in [6, 6.07) is 0.562. The van der Waals surface area contributed by atoms with Gasteiger partial charge in [-0.3, -0.25) is 0 Å². The Balaban J connectivity index is 3.34. The minimum Gasteiger partial charge on any atom is -0.464 e. The van der Waals surface area contributed by atoms with Crippen LogP contribution in [0.3, 0.4) is 0 Å². The highest BCUT2D eigenvalue weighted by Crippen LogP contribution is 2.29. The summed E-state index contributed by atoms with van der Waals surface area (Å²) >= 11 is 0. The molecular weight excluding hydrogens is 252 g/mol. The highest BCUT2D eigenvalue weighted by molar-refractivity contribution is 5.78. The van der Waals surface area contributed by atoms with Crippen molar-refractivity contribution in [3.05, 3.63) is 41.2 Å². The van der Waals surface area contributed by atoms with Gasteiger partial charge in [-0.2, -0.15) is 0 Å². The largest absolute Gasteiger partial charge is 0.464 e. The van der Waals surface area contributed by atoms with Crippen LogP contribution in [0.5, 0.6) is 0 Å². The minimum atomic E-state index is -2.53. The van der Waals surface area contributed by atoms with E-state index in [1.807, 2.05) is 0 Å². The summed E-state index contributed by atoms with van der Waals surface area (Å²) in [6.07, 6.45) is -1.61. The van der Waals surface area contributed by atoms with Crippen molar-refractivity contribution in [1.29, 1.82) is 0 Å². The van der Waals surface area contributed by atoms with E-state index in [0.29, 0.717) is 6.07 Å². The molecule has 0 aliphatic heterocycles. The molecule has 0 amide bonds. The van der Waals surface area contributed by atoms with E-state index >= 15 is 0 Å². The fraction of sp³-hybridized carbons (Fsp3) is 0.250. The molecule has 0 N–H and O–H groups in total. The fourth-order valence-corrected chi connectivity index (χ4v) is 1.39. The molecule has 0 aliphatic carbocycles. The van der Waals surface area contributed by atoms with Crippen LogP contribution in [0.2, 0.25) is 0 Å². The molecule has 1 aromatic carbocycles. The minimum absolute atomic E-state index is 0.117. The van der Waals surface area contributed by atoms with Gasteiger partial charge < -0.3 is 4.74 Å². The number of esters is 1. The molecule has 0 saturated carbocycles. The van der Waals surface area contributed by atoms with Gasteiger partial charge in [0.2, 0.25) is 6.17 Å². The summed E-state index contributed by atoms with van der Waals surface area (Å²) in [6.45, 7) is 4.53. The molecule has 0 heterocycles. The summed E-state index contributed by atoms with van der Waals surface area (Å²) in [5.74, 6) is -6.46. The summed E-state index contributed by atoms with van der Waals surface area (Å²) in [5.41, 5.74) is -1.26. The summed E-state index contributed by atoms with van der Waals surface area (Å²) in [5, 5.41) is 0. The molecule has 0 saturated heterocycles. The van der Waals surface area contributed by atoms with Crippen LogP contribution in [0.25, 0.3) is 6.08 Å². The van der Waals surface area contributed by atoms with Crippen LogP contribution in [0, 0.1) is 17.5 Å². The van der Waals surface area contributed by atoms with E-state index in [-0.39, 0.29) is 12.2 Å². The van der Waals surface area contributed by atoms with Gasteiger partial charge in [0.05, 0.1) is 6.61 Å². The molecule has 0 radical (unpaired) electrons. The first-order chi connectivity index (χ1) is 8.43. The van der Waals surface area contributed by atoms with Crippen molar-refractivity contribution in [2.75, 3.05) is 6.61 Å². The lowest BCUT2D eigenvalue weighted by Gasteiger charge is -2.12. The lowest BCUT2D eigenvalue weighted by Crippen LogP contribution is -2.15. The van der Waals surface area contributed by atoms with Crippen LogP contribution in [0.1, 0.15) is 24.2 Å². The van der Waals surface area contributed by atoms with Gasteiger partial charge in [0.15, 0.2) is 17.5 Å². The molecule has 18 heavy (non-hydrogen) atoms. The summed E-state index contributed by atoms with van der Waals surface area (Å²) in [4.78, 5) is 11.1. The van der Waals surface area contributed by atoms with Crippen LogP contribution in [0.4, 0.5) is 17.6 Å². The highest BCUT2D eigenvalue weighted by Gasteiger charge is 2.30. The van der Waals surface area contributed by atoms with Gasteiger partial charge in [0.25, 0.3) is 0 Å². The van der Waals surface area contributed by atoms with E-state index in [4.69, 9.17) is 0 Å². The molecule has 6 heteroatoms. The summed E-state index contributed by atoms with van der Waals surface area (Å²) < 4.78 is 57.4. The Kier molecular flexibility index (Phi) is 4.47. The molecule has 0 aromatic heterocycles. The SMILES string of the molecule is C=Cc1cc(F)c(F)c(F)c1C(F)C(=O)OCC. The van der Waals surface area contributed by atoms with Crippen molar-refractivity contribution in [2.24, 2.45) is 0 Å². The van der Waals surface area contributed by atoms with Gasteiger partial charge >= 0.3 is 5.97 Å². The molecule has 0 aliphatic rings. The fourth-order valence-electron chi connectivity index (χ4n) is 1.39. The van der Waals surface area contributed by atoms with Crippen molar-refractivity contribution < 1.29 is 27.1 Å². The van der Waals surface area contributed by atoms with Crippen LogP contribution >= 0.6 is 0 Å². The Labute approximate surface area is 101 Å². The van der Waals surface area contributed by atoms with E-state index in [1.54, 1.807) is 0 Å². The number of carbonyl (C=O) groups excluding carboxylic acids is 1. The third-order valence-electron chi connectivity index (χ3n) is 2.20. The number of carbonyl (C=O) groups is 1. The zero-order chi connectivity index (χ0) is 13.9. The Morgan fingerprint density at radius 1 is 1.44 bits per heavy atom. The maximum Gasteiger partial charge on any atom is 0.345 e. The van der Waals surface area contributed by atoms with Crippen LogP contribution in [-0.4, -0.2) is 12.6 Å². The molecular formula is C12H10F4O2. The second kappa shape index (κ2) is 5.66. The smallest absolute Gasteiger partial charge is 0.345 e. The van der Waals surface area contributed by atoms with Gasteiger partial charge in [-0.05, 0) is 18.6 Å². The van der Waals surface area contributed by atoms with Crippen molar-refractivity contribution in [3.63, 3.8) is 0 Å². The highest BCUT2D eigenvalue weighted by atomic mass is 19.2. The van der Waals surface area contributed by atoms with Gasteiger partial charge in [-0.15, -0.1) is 0 Å². The quantitative estimate of drug-likeness (QED) is 0.472. The number of hydrogen-bond donors (Lipinski definition) is 0. The Morgan fingerprint density at radius 2 is 2.06 bits per heavy atom. The molecule has 1 aromatic rings. The number of halogens is 4. The second-order valence-electron chi connectivity index (χ2n) is 3.31. The number of ether oxygens (including phenoxy) is 1. The number of hydrogen-bond acceptors (Lipinski definition) is 2. The van der Waals surface area contributed by atoms with Gasteiger partial charge in [-0.1, -0.05) is 12.7 Å². The first kappa shape index (κ1) is 14.2. The zero-order valence-corrected chi connectivity index (χ0v) is 9.47. The molecule has 0 bridgehead atoms. The van der Waals surface area contributed by atoms with Crippen molar-refractivity contribution in [2.45, 2.75) is 13.1 Å². The maximum absolute atomic E-state index is 13.7. The molecule has 1 unspecified atom stereocenters. The van der Waals surface area contributed by atoms with Crippen LogP contribution in [-0.2, 0) is 9.53 Å². The number of rotatable bonds is 4. The normalized spacial score (nSPS) is 12.1. The molecule has 2 nitrogen and oxygen atoms in total. The van der Waals surface area contributed by atoms with E-state index in [9.17, 15) is 22.4 Å². The second-order valence-corrected chi connectivity index (χ2v) is 3.31. The van der Waals surface area contributed by atoms with E-state index in [2.05, 4.69) is 11.3 Å². The van der Waals surface area contributed by atoms with Crippen molar-refractivity contribution in [1.82, 2.24) is 0 Å². The average Bonchev–Trinajstić information content (AvgIpc) is 2.35. The average molecular weight is 262 g/mol. The first-order valence-electron chi connectivity index (χ1n) is 5.04. The standard InChI is InChI=1S/C12H10F4O2/c1-3-6-5-7(13)9(14)10(15)8(6)11(16)12(17)18-4-2/h3,5,11H,1,4H2,2H3. The van der Waals surface area contributed by atoms with Crippen molar-refractivity contribution >= 4 is 12.0 Å². The van der Waals surface area contributed by atoms with E-state index < -0.39 is 35.2 Å².